The van der Waals surface area contributed by atoms with Gasteiger partial charge in [-0.05, 0) is 19.1 Å². The van der Waals surface area contributed by atoms with Crippen molar-refractivity contribution in [2.45, 2.75) is 6.92 Å². The van der Waals surface area contributed by atoms with Gasteiger partial charge in [-0.15, -0.1) is 0 Å². The van der Waals surface area contributed by atoms with Gasteiger partial charge in [0.05, 0.1) is 10.6 Å². The minimum absolute atomic E-state index is 0.0448. The number of hydrogen-bond acceptors (Lipinski definition) is 4. The predicted molar refractivity (Wildman–Crippen MR) is 60.5 cm³/mol. The van der Waals surface area contributed by atoms with E-state index in [-0.39, 0.29) is 17.4 Å². The summed E-state index contributed by atoms with van der Waals surface area (Å²) in [4.78, 5) is 9.98. The number of aromatic nitrogens is 1. The lowest BCUT2D eigenvalue weighted by Gasteiger charge is -2.06. The molecule has 0 unspecified atom stereocenters. The summed E-state index contributed by atoms with van der Waals surface area (Å²) in [5.41, 5.74) is 0.941. The van der Waals surface area contributed by atoms with Crippen LogP contribution in [-0.4, -0.2) is 19.7 Å². The van der Waals surface area contributed by atoms with E-state index >= 15 is 0 Å². The molecule has 1 heterocycles. The van der Waals surface area contributed by atoms with Gasteiger partial charge >= 0.3 is 0 Å². The van der Waals surface area contributed by atoms with Crippen LogP contribution in [0.25, 0.3) is 5.69 Å². The molecule has 0 saturated carbocycles. The second-order valence-corrected chi connectivity index (χ2v) is 3.62. The molecule has 1 aromatic heterocycles. The van der Waals surface area contributed by atoms with Crippen molar-refractivity contribution < 1.29 is 15.1 Å². The maximum Gasteiger partial charge on any atom is 0.269 e. The quantitative estimate of drug-likeness (QED) is 0.615. The Morgan fingerprint density at radius 1 is 1.24 bits per heavy atom. The van der Waals surface area contributed by atoms with E-state index in [1.807, 2.05) is 0 Å². The van der Waals surface area contributed by atoms with Crippen molar-refractivity contribution in [3.05, 3.63) is 46.0 Å². The Balaban J connectivity index is 2.50. The van der Waals surface area contributed by atoms with Gasteiger partial charge in [0.25, 0.3) is 5.69 Å². The number of nitro groups is 1. The second kappa shape index (κ2) is 3.82. The molecular weight excluding hydrogens is 224 g/mol. The Kier molecular flexibility index (Phi) is 2.47. The van der Waals surface area contributed by atoms with Crippen LogP contribution >= 0.6 is 0 Å². The predicted octanol–water partition coefficient (Wildman–Crippen LogP) is 2.11. The second-order valence-electron chi connectivity index (χ2n) is 3.62. The van der Waals surface area contributed by atoms with E-state index < -0.39 is 4.92 Å². The van der Waals surface area contributed by atoms with Crippen LogP contribution < -0.4 is 0 Å². The first-order valence-corrected chi connectivity index (χ1v) is 4.86. The smallest absolute Gasteiger partial charge is 0.269 e. The molecule has 2 N–H and O–H groups in total. The SMILES string of the molecule is Cc1cc(O)n(-c2ccc([N+](=O)[O-])cc2)c1O. The molecule has 88 valence electrons. The van der Waals surface area contributed by atoms with Gasteiger partial charge in [0.2, 0.25) is 5.88 Å². The fraction of sp³-hybridized carbons (Fsp3) is 0.0909. The van der Waals surface area contributed by atoms with Crippen molar-refractivity contribution in [1.29, 1.82) is 0 Å². The zero-order chi connectivity index (χ0) is 12.6. The minimum atomic E-state index is -0.510. The van der Waals surface area contributed by atoms with Crippen molar-refractivity contribution in [3.8, 4) is 17.4 Å². The summed E-state index contributed by atoms with van der Waals surface area (Å²) in [5, 5.41) is 29.8. The first-order chi connectivity index (χ1) is 8.00. The maximum absolute atomic E-state index is 10.5. The third-order valence-corrected chi connectivity index (χ3v) is 2.46. The highest BCUT2D eigenvalue weighted by Gasteiger charge is 2.13. The van der Waals surface area contributed by atoms with E-state index in [2.05, 4.69) is 0 Å². The summed E-state index contributed by atoms with van der Waals surface area (Å²) in [6.45, 7) is 1.65. The van der Waals surface area contributed by atoms with E-state index in [0.717, 1.165) is 0 Å². The Morgan fingerprint density at radius 3 is 2.24 bits per heavy atom. The van der Waals surface area contributed by atoms with Gasteiger partial charge in [0.15, 0.2) is 5.88 Å². The minimum Gasteiger partial charge on any atom is -0.494 e. The molecule has 0 atom stereocenters. The molecule has 0 aliphatic carbocycles. The maximum atomic E-state index is 10.5. The topological polar surface area (TPSA) is 88.5 Å². The summed E-state index contributed by atoms with van der Waals surface area (Å²) in [6.07, 6.45) is 0. The molecule has 0 radical (unpaired) electrons. The average Bonchev–Trinajstić information content (AvgIpc) is 2.53. The van der Waals surface area contributed by atoms with Crippen LogP contribution in [0.15, 0.2) is 30.3 Å². The van der Waals surface area contributed by atoms with Crippen LogP contribution in [0.5, 0.6) is 11.8 Å². The summed E-state index contributed by atoms with van der Waals surface area (Å²) in [5.74, 6) is -0.204. The van der Waals surface area contributed by atoms with Crippen molar-refractivity contribution in [2.75, 3.05) is 0 Å². The van der Waals surface area contributed by atoms with E-state index in [1.54, 1.807) is 6.92 Å². The van der Waals surface area contributed by atoms with Crippen LogP contribution in [0, 0.1) is 17.0 Å². The number of aromatic hydroxyl groups is 2. The third-order valence-electron chi connectivity index (χ3n) is 2.46. The van der Waals surface area contributed by atoms with Gasteiger partial charge in [-0.2, -0.15) is 0 Å². The fourth-order valence-electron chi connectivity index (χ4n) is 1.59. The van der Waals surface area contributed by atoms with Crippen LogP contribution in [0.1, 0.15) is 5.56 Å². The van der Waals surface area contributed by atoms with Gasteiger partial charge in [-0.25, -0.2) is 0 Å². The van der Waals surface area contributed by atoms with Gasteiger partial charge in [-0.1, -0.05) is 0 Å². The number of aryl methyl sites for hydroxylation is 1. The summed E-state index contributed by atoms with van der Waals surface area (Å²) in [7, 11) is 0. The van der Waals surface area contributed by atoms with Gasteiger partial charge in [0.1, 0.15) is 0 Å². The van der Waals surface area contributed by atoms with E-state index in [1.165, 1.54) is 34.9 Å². The molecule has 0 aliphatic heterocycles. The van der Waals surface area contributed by atoms with Crippen LogP contribution in [-0.2, 0) is 0 Å². The average molecular weight is 234 g/mol. The highest BCUT2D eigenvalue weighted by molar-refractivity contribution is 5.48. The molecule has 2 aromatic rings. The fourth-order valence-corrected chi connectivity index (χ4v) is 1.59. The lowest BCUT2D eigenvalue weighted by atomic mass is 10.3. The van der Waals surface area contributed by atoms with E-state index in [9.17, 15) is 20.3 Å². The first kappa shape index (κ1) is 11.0. The van der Waals surface area contributed by atoms with E-state index in [0.29, 0.717) is 11.3 Å². The Bertz CT molecular complexity index is 572. The molecule has 0 aliphatic rings. The first-order valence-electron chi connectivity index (χ1n) is 4.86. The van der Waals surface area contributed by atoms with Crippen molar-refractivity contribution in [3.63, 3.8) is 0 Å². The van der Waals surface area contributed by atoms with Crippen LogP contribution in [0.3, 0.4) is 0 Å². The molecule has 6 nitrogen and oxygen atoms in total. The van der Waals surface area contributed by atoms with Crippen molar-refractivity contribution >= 4 is 5.69 Å². The number of hydrogen-bond donors (Lipinski definition) is 2. The number of benzene rings is 1. The Morgan fingerprint density at radius 2 is 1.82 bits per heavy atom. The molecule has 1 aromatic carbocycles. The lowest BCUT2D eigenvalue weighted by molar-refractivity contribution is -0.384. The van der Waals surface area contributed by atoms with Gasteiger partial charge in [0, 0.05) is 23.8 Å². The zero-order valence-electron chi connectivity index (χ0n) is 8.99. The summed E-state index contributed by atoms with van der Waals surface area (Å²) < 4.78 is 1.21. The van der Waals surface area contributed by atoms with Crippen molar-refractivity contribution in [2.24, 2.45) is 0 Å². The Hall–Kier alpha value is -2.50. The normalized spacial score (nSPS) is 10.4. The number of nitrogens with zero attached hydrogens (tertiary/aromatic N) is 2. The molecule has 17 heavy (non-hydrogen) atoms. The number of rotatable bonds is 2. The third kappa shape index (κ3) is 1.80. The van der Waals surface area contributed by atoms with Gasteiger partial charge < -0.3 is 10.2 Å². The molecule has 0 bridgehead atoms. The summed E-state index contributed by atoms with van der Waals surface area (Å²) in [6, 6.07) is 6.94. The highest BCUT2D eigenvalue weighted by atomic mass is 16.6. The Labute approximate surface area is 96.5 Å². The zero-order valence-corrected chi connectivity index (χ0v) is 8.99. The molecule has 0 fully saturated rings. The largest absolute Gasteiger partial charge is 0.494 e. The molecule has 2 rings (SSSR count). The van der Waals surface area contributed by atoms with Gasteiger partial charge in [-0.3, -0.25) is 14.7 Å². The molecule has 0 spiro atoms. The summed E-state index contributed by atoms with van der Waals surface area (Å²) >= 11 is 0. The monoisotopic (exact) mass is 234 g/mol. The number of non-ortho nitro benzene ring substituents is 1. The number of nitro benzene ring substituents is 1. The van der Waals surface area contributed by atoms with Crippen LogP contribution in [0.4, 0.5) is 5.69 Å². The molecular formula is C11H10N2O4. The lowest BCUT2D eigenvalue weighted by Crippen LogP contribution is -1.94. The standard InChI is InChI=1S/C11H10N2O4/c1-7-6-10(14)12(11(7)15)8-2-4-9(5-3-8)13(16)17/h2-6,14-15H,1H3. The highest BCUT2D eigenvalue weighted by Crippen LogP contribution is 2.31. The molecule has 0 saturated heterocycles. The molecule has 6 heteroatoms. The van der Waals surface area contributed by atoms with Crippen LogP contribution in [0.2, 0.25) is 0 Å². The molecule has 0 amide bonds. The van der Waals surface area contributed by atoms with E-state index in [4.69, 9.17) is 0 Å². The van der Waals surface area contributed by atoms with Crippen molar-refractivity contribution in [1.82, 2.24) is 4.57 Å².